The predicted octanol–water partition coefficient (Wildman–Crippen LogP) is 5.55. The second kappa shape index (κ2) is 10.2. The van der Waals surface area contributed by atoms with Crippen molar-refractivity contribution in [2.24, 2.45) is 5.92 Å². The van der Waals surface area contributed by atoms with Crippen LogP contribution in [0.25, 0.3) is 10.2 Å². The van der Waals surface area contributed by atoms with Crippen molar-refractivity contribution in [3.8, 4) is 0 Å². The minimum absolute atomic E-state index is 0.0109. The molecule has 35 heavy (non-hydrogen) atoms. The SMILES string of the molecule is CCc1ccc2nc(N(Cc3ccccc3)C(=O)C3CCN(S(=O)(=O)c4cccs4)CC3)sc2c1. The topological polar surface area (TPSA) is 70.6 Å². The van der Waals surface area contributed by atoms with Gasteiger partial charge in [-0.2, -0.15) is 4.31 Å². The van der Waals surface area contributed by atoms with E-state index in [0.29, 0.717) is 41.8 Å². The molecule has 1 aliphatic rings. The summed E-state index contributed by atoms with van der Waals surface area (Å²) in [5.41, 5.74) is 3.17. The highest BCUT2D eigenvalue weighted by atomic mass is 32.2. The highest BCUT2D eigenvalue weighted by Crippen LogP contribution is 2.34. The fourth-order valence-corrected chi connectivity index (χ4v) is 8.05. The van der Waals surface area contributed by atoms with Crippen molar-refractivity contribution >= 4 is 54.0 Å². The van der Waals surface area contributed by atoms with Crippen LogP contribution in [-0.4, -0.2) is 36.7 Å². The van der Waals surface area contributed by atoms with Crippen LogP contribution in [0.1, 0.15) is 30.9 Å². The van der Waals surface area contributed by atoms with Gasteiger partial charge in [0.15, 0.2) is 5.13 Å². The number of sulfonamides is 1. The molecule has 5 rings (SSSR count). The molecule has 1 aliphatic heterocycles. The molecule has 0 atom stereocenters. The summed E-state index contributed by atoms with van der Waals surface area (Å²) in [6.45, 7) is 3.25. The number of amides is 1. The summed E-state index contributed by atoms with van der Waals surface area (Å²) in [7, 11) is -3.50. The van der Waals surface area contributed by atoms with Crippen LogP contribution in [0.15, 0.2) is 70.3 Å². The average Bonchev–Trinajstić information content (AvgIpc) is 3.58. The van der Waals surface area contributed by atoms with Gasteiger partial charge < -0.3 is 0 Å². The Bertz CT molecular complexity index is 1410. The molecule has 6 nitrogen and oxygen atoms in total. The molecule has 2 aromatic carbocycles. The third kappa shape index (κ3) is 5.04. The van der Waals surface area contributed by atoms with E-state index < -0.39 is 10.0 Å². The largest absolute Gasteiger partial charge is 0.283 e. The smallest absolute Gasteiger partial charge is 0.252 e. The first-order chi connectivity index (χ1) is 17.0. The molecule has 0 aliphatic carbocycles. The van der Waals surface area contributed by atoms with Crippen molar-refractivity contribution < 1.29 is 13.2 Å². The number of thiophene rings is 1. The van der Waals surface area contributed by atoms with E-state index in [0.717, 1.165) is 22.2 Å². The van der Waals surface area contributed by atoms with Gasteiger partial charge in [-0.05, 0) is 54.0 Å². The fraction of sp³-hybridized carbons (Fsp3) is 0.308. The van der Waals surface area contributed by atoms with Crippen molar-refractivity contribution in [3.05, 3.63) is 77.2 Å². The molecule has 182 valence electrons. The van der Waals surface area contributed by atoms with Crippen LogP contribution >= 0.6 is 22.7 Å². The van der Waals surface area contributed by atoms with E-state index in [9.17, 15) is 13.2 Å². The lowest BCUT2D eigenvalue weighted by molar-refractivity contribution is -0.123. The number of carbonyl (C=O) groups is 1. The second-order valence-corrected chi connectivity index (χ2v) is 12.8. The zero-order valence-electron chi connectivity index (χ0n) is 19.5. The van der Waals surface area contributed by atoms with E-state index in [1.165, 1.54) is 32.5 Å². The molecule has 4 aromatic rings. The summed E-state index contributed by atoms with van der Waals surface area (Å²) in [6.07, 6.45) is 1.95. The maximum atomic E-state index is 13.8. The van der Waals surface area contributed by atoms with Crippen LogP contribution < -0.4 is 4.90 Å². The van der Waals surface area contributed by atoms with E-state index in [-0.39, 0.29) is 11.8 Å². The van der Waals surface area contributed by atoms with Gasteiger partial charge in [0.2, 0.25) is 5.91 Å². The first-order valence-corrected chi connectivity index (χ1v) is 14.9. The van der Waals surface area contributed by atoms with E-state index >= 15 is 0 Å². The van der Waals surface area contributed by atoms with Crippen molar-refractivity contribution in [3.63, 3.8) is 0 Å². The number of benzene rings is 2. The van der Waals surface area contributed by atoms with Crippen LogP contribution in [0.5, 0.6) is 0 Å². The summed E-state index contributed by atoms with van der Waals surface area (Å²) in [6, 6.07) is 19.6. The highest BCUT2D eigenvalue weighted by Gasteiger charge is 2.35. The molecule has 1 amide bonds. The van der Waals surface area contributed by atoms with Crippen LogP contribution in [-0.2, 0) is 27.8 Å². The number of aryl methyl sites for hydroxylation is 1. The van der Waals surface area contributed by atoms with E-state index in [1.54, 1.807) is 22.4 Å². The first kappa shape index (κ1) is 24.1. The standard InChI is InChI=1S/C26H27N3O3S3/c1-2-19-10-11-22-23(17-19)34-26(27-22)29(18-20-7-4-3-5-8-20)25(30)21-12-14-28(15-13-21)35(31,32)24-9-6-16-33-24/h3-11,16-17,21H,2,12-15,18H2,1H3. The number of carbonyl (C=O) groups excluding carboxylic acids is 1. The number of thiazole rings is 1. The molecule has 1 fully saturated rings. The molecule has 1 saturated heterocycles. The monoisotopic (exact) mass is 525 g/mol. The zero-order valence-corrected chi connectivity index (χ0v) is 21.9. The predicted molar refractivity (Wildman–Crippen MR) is 142 cm³/mol. The number of hydrogen-bond acceptors (Lipinski definition) is 6. The van der Waals surface area contributed by atoms with Gasteiger partial charge in [-0.25, -0.2) is 13.4 Å². The van der Waals surface area contributed by atoms with Gasteiger partial charge in [0, 0.05) is 19.0 Å². The zero-order chi connectivity index (χ0) is 24.4. The first-order valence-electron chi connectivity index (χ1n) is 11.7. The van der Waals surface area contributed by atoms with Crippen LogP contribution in [0.4, 0.5) is 5.13 Å². The number of nitrogens with zero attached hydrogens (tertiary/aromatic N) is 3. The van der Waals surface area contributed by atoms with Crippen LogP contribution in [0, 0.1) is 5.92 Å². The molecular weight excluding hydrogens is 499 g/mol. The Morgan fingerprint density at radius 3 is 2.51 bits per heavy atom. The lowest BCUT2D eigenvalue weighted by Crippen LogP contribution is -2.44. The average molecular weight is 526 g/mol. The molecule has 0 spiro atoms. The molecule has 2 aromatic heterocycles. The number of anilines is 1. The van der Waals surface area contributed by atoms with E-state index in [1.807, 2.05) is 36.4 Å². The van der Waals surface area contributed by atoms with Crippen LogP contribution in [0.3, 0.4) is 0 Å². The number of fused-ring (bicyclic) bond motifs is 1. The summed E-state index contributed by atoms with van der Waals surface area (Å²) in [5, 5.41) is 2.46. The minimum atomic E-state index is -3.50. The second-order valence-electron chi connectivity index (χ2n) is 8.67. The van der Waals surface area contributed by atoms with E-state index in [4.69, 9.17) is 4.98 Å². The number of rotatable bonds is 7. The van der Waals surface area contributed by atoms with Crippen molar-refractivity contribution in [1.82, 2.24) is 9.29 Å². The Balaban J connectivity index is 1.39. The highest BCUT2D eigenvalue weighted by molar-refractivity contribution is 7.91. The quantitative estimate of drug-likeness (QED) is 0.317. The Morgan fingerprint density at radius 2 is 1.83 bits per heavy atom. The van der Waals surface area contributed by atoms with Gasteiger partial charge in [-0.3, -0.25) is 9.69 Å². The fourth-order valence-electron chi connectivity index (χ4n) is 4.40. The maximum Gasteiger partial charge on any atom is 0.252 e. The Kier molecular flexibility index (Phi) is 7.02. The molecule has 9 heteroatoms. The van der Waals surface area contributed by atoms with Gasteiger partial charge in [0.1, 0.15) is 4.21 Å². The Hall–Kier alpha value is -2.59. The Labute approximate surface area is 213 Å². The van der Waals surface area contributed by atoms with Crippen molar-refractivity contribution in [2.75, 3.05) is 18.0 Å². The van der Waals surface area contributed by atoms with Gasteiger partial charge in [0.05, 0.1) is 16.8 Å². The Morgan fingerprint density at radius 1 is 1.06 bits per heavy atom. The lowest BCUT2D eigenvalue weighted by atomic mass is 9.96. The molecule has 3 heterocycles. The number of hydrogen-bond donors (Lipinski definition) is 0. The minimum Gasteiger partial charge on any atom is -0.283 e. The van der Waals surface area contributed by atoms with Crippen molar-refractivity contribution in [2.45, 2.75) is 36.9 Å². The van der Waals surface area contributed by atoms with E-state index in [2.05, 4.69) is 19.1 Å². The summed E-state index contributed by atoms with van der Waals surface area (Å²) < 4.78 is 28.7. The molecule has 0 saturated carbocycles. The van der Waals surface area contributed by atoms with Gasteiger partial charge >= 0.3 is 0 Å². The molecule has 0 N–H and O–H groups in total. The van der Waals surface area contributed by atoms with Gasteiger partial charge in [-0.15, -0.1) is 11.3 Å². The third-order valence-corrected chi connectivity index (χ3v) is 10.7. The molecule has 0 bridgehead atoms. The lowest BCUT2D eigenvalue weighted by Gasteiger charge is -2.32. The van der Waals surface area contributed by atoms with Crippen molar-refractivity contribution in [1.29, 1.82) is 0 Å². The summed E-state index contributed by atoms with van der Waals surface area (Å²) >= 11 is 2.77. The molecule has 0 radical (unpaired) electrons. The molecular formula is C26H27N3O3S3. The summed E-state index contributed by atoms with van der Waals surface area (Å²) in [4.78, 5) is 20.4. The van der Waals surface area contributed by atoms with Gasteiger partial charge in [0.25, 0.3) is 10.0 Å². The third-order valence-electron chi connectivity index (χ3n) is 6.42. The summed E-state index contributed by atoms with van der Waals surface area (Å²) in [5.74, 6) is -0.233. The molecule has 0 unspecified atom stereocenters. The maximum absolute atomic E-state index is 13.8. The van der Waals surface area contributed by atoms with Gasteiger partial charge in [-0.1, -0.05) is 60.7 Å². The van der Waals surface area contributed by atoms with Crippen LogP contribution in [0.2, 0.25) is 0 Å². The number of piperidine rings is 1. The normalized spacial score (nSPS) is 15.5. The number of aromatic nitrogens is 1.